The average Bonchev–Trinajstić information content (AvgIpc) is 3.11. The van der Waals surface area contributed by atoms with Crippen LogP contribution < -0.4 is 11.1 Å². The van der Waals surface area contributed by atoms with Crippen molar-refractivity contribution in [2.24, 2.45) is 0 Å². The molecule has 0 unspecified atom stereocenters. The number of anilines is 3. The molecule has 0 bridgehead atoms. The molecule has 154 valence electrons. The SMILES string of the molecule is CN(C=O)CCO.Nc1ccc(Nc2ncnc3sc4c(c23)CCCC4)cc1S. The monoisotopic (exact) mass is 431 g/mol. The number of thiol groups is 1. The predicted molar refractivity (Wildman–Crippen MR) is 121 cm³/mol. The predicted octanol–water partition coefficient (Wildman–Crippen LogP) is 3.25. The molecule has 0 saturated heterocycles. The van der Waals surface area contributed by atoms with E-state index in [1.54, 1.807) is 24.7 Å². The molecule has 0 saturated carbocycles. The molecular weight excluding hydrogens is 406 g/mol. The summed E-state index contributed by atoms with van der Waals surface area (Å²) in [7, 11) is 1.61. The lowest BCUT2D eigenvalue weighted by molar-refractivity contribution is -0.117. The summed E-state index contributed by atoms with van der Waals surface area (Å²) in [6, 6.07) is 5.72. The van der Waals surface area contributed by atoms with Gasteiger partial charge in [-0.2, -0.15) is 0 Å². The third-order valence-electron chi connectivity index (χ3n) is 4.68. The van der Waals surface area contributed by atoms with E-state index in [0.29, 0.717) is 18.6 Å². The highest BCUT2D eigenvalue weighted by atomic mass is 32.1. The summed E-state index contributed by atoms with van der Waals surface area (Å²) >= 11 is 6.18. The van der Waals surface area contributed by atoms with Crippen LogP contribution in [0.2, 0.25) is 0 Å². The maximum absolute atomic E-state index is 9.71. The van der Waals surface area contributed by atoms with Gasteiger partial charge in [0.2, 0.25) is 6.41 Å². The Hall–Kier alpha value is -2.36. The van der Waals surface area contributed by atoms with Crippen LogP contribution in [0, 0.1) is 0 Å². The molecule has 1 amide bonds. The van der Waals surface area contributed by atoms with Crippen LogP contribution in [0.1, 0.15) is 23.3 Å². The summed E-state index contributed by atoms with van der Waals surface area (Å²) in [5, 5.41) is 12.7. The lowest BCUT2D eigenvalue weighted by atomic mass is 9.97. The molecule has 4 rings (SSSR count). The quantitative estimate of drug-likeness (QED) is 0.281. The summed E-state index contributed by atoms with van der Waals surface area (Å²) in [5.41, 5.74) is 8.86. The number of carbonyl (C=O) groups excluding carboxylic acids is 1. The zero-order chi connectivity index (χ0) is 20.8. The number of fused-ring (bicyclic) bond motifs is 3. The van der Waals surface area contributed by atoms with E-state index in [4.69, 9.17) is 10.8 Å². The molecule has 29 heavy (non-hydrogen) atoms. The van der Waals surface area contributed by atoms with E-state index >= 15 is 0 Å². The van der Waals surface area contributed by atoms with Gasteiger partial charge in [-0.15, -0.1) is 24.0 Å². The molecule has 0 spiro atoms. The molecule has 0 aliphatic heterocycles. The number of benzene rings is 1. The maximum atomic E-state index is 9.71. The first-order valence-electron chi connectivity index (χ1n) is 9.40. The van der Waals surface area contributed by atoms with Crippen molar-refractivity contribution in [2.45, 2.75) is 30.6 Å². The van der Waals surface area contributed by atoms with Gasteiger partial charge in [-0.1, -0.05) is 0 Å². The Morgan fingerprint density at radius 3 is 2.83 bits per heavy atom. The number of nitrogens with two attached hydrogens (primary N) is 1. The van der Waals surface area contributed by atoms with Crippen LogP contribution in [-0.4, -0.2) is 46.6 Å². The topological polar surface area (TPSA) is 104 Å². The molecule has 2 heterocycles. The van der Waals surface area contributed by atoms with Crippen molar-refractivity contribution in [3.63, 3.8) is 0 Å². The minimum atomic E-state index is 0.0369. The van der Waals surface area contributed by atoms with Gasteiger partial charge in [0.15, 0.2) is 0 Å². The van der Waals surface area contributed by atoms with Gasteiger partial charge in [0, 0.05) is 34.7 Å². The highest BCUT2D eigenvalue weighted by Crippen LogP contribution is 2.39. The lowest BCUT2D eigenvalue weighted by Crippen LogP contribution is -2.19. The standard InChI is InChI=1S/C16H16N4S2.C4H9NO2/c17-11-6-5-9(7-12(11)21)20-15-14-10-3-1-2-4-13(10)22-16(14)19-8-18-15;1-5(4-7)2-3-6/h5-8,21H,1-4,17H2,(H,18,19,20);4,6H,2-3H2,1H3. The van der Waals surface area contributed by atoms with Crippen LogP contribution in [0.4, 0.5) is 17.2 Å². The van der Waals surface area contributed by atoms with Crippen LogP contribution in [0.25, 0.3) is 10.2 Å². The van der Waals surface area contributed by atoms with Gasteiger partial charge >= 0.3 is 0 Å². The molecule has 2 aromatic heterocycles. The molecule has 9 heteroatoms. The Kier molecular flexibility index (Phi) is 7.29. The first-order chi connectivity index (χ1) is 14.0. The van der Waals surface area contributed by atoms with E-state index in [2.05, 4.69) is 27.9 Å². The number of aliphatic hydroxyl groups excluding tert-OH is 1. The highest BCUT2D eigenvalue weighted by Gasteiger charge is 2.19. The molecule has 1 aliphatic carbocycles. The molecule has 0 atom stereocenters. The number of carbonyl (C=O) groups is 1. The minimum absolute atomic E-state index is 0.0369. The fourth-order valence-electron chi connectivity index (χ4n) is 3.15. The highest BCUT2D eigenvalue weighted by molar-refractivity contribution is 7.80. The zero-order valence-electron chi connectivity index (χ0n) is 16.3. The molecule has 0 fully saturated rings. The fraction of sp³-hybridized carbons (Fsp3) is 0.350. The number of nitrogens with one attached hydrogen (secondary N) is 1. The Labute approximate surface area is 179 Å². The number of aromatic nitrogens is 2. The van der Waals surface area contributed by atoms with Crippen molar-refractivity contribution in [3.05, 3.63) is 35.0 Å². The Bertz CT molecular complexity index is 992. The number of amides is 1. The second-order valence-corrected chi connectivity index (χ2v) is 8.39. The summed E-state index contributed by atoms with van der Waals surface area (Å²) in [4.78, 5) is 23.3. The number of aliphatic hydroxyl groups is 1. The van der Waals surface area contributed by atoms with Gasteiger partial charge in [0.05, 0.1) is 12.0 Å². The van der Waals surface area contributed by atoms with E-state index in [1.807, 2.05) is 18.2 Å². The van der Waals surface area contributed by atoms with Crippen LogP contribution in [0.15, 0.2) is 29.4 Å². The van der Waals surface area contributed by atoms with Crippen molar-refractivity contribution >= 4 is 57.8 Å². The maximum Gasteiger partial charge on any atom is 0.209 e. The van der Waals surface area contributed by atoms with Crippen LogP contribution >= 0.6 is 24.0 Å². The largest absolute Gasteiger partial charge is 0.398 e. The molecule has 7 nitrogen and oxygen atoms in total. The third-order valence-corrected chi connectivity index (χ3v) is 6.26. The number of thiophene rings is 1. The van der Waals surface area contributed by atoms with Crippen molar-refractivity contribution < 1.29 is 9.90 Å². The number of hydrogen-bond acceptors (Lipinski definition) is 8. The summed E-state index contributed by atoms with van der Waals surface area (Å²) < 4.78 is 0. The average molecular weight is 432 g/mol. The lowest BCUT2D eigenvalue weighted by Gasteiger charge is -2.13. The van der Waals surface area contributed by atoms with Crippen molar-refractivity contribution in [2.75, 3.05) is 31.2 Å². The van der Waals surface area contributed by atoms with Gasteiger partial charge in [-0.3, -0.25) is 4.79 Å². The number of rotatable bonds is 5. The van der Waals surface area contributed by atoms with Gasteiger partial charge in [0.1, 0.15) is 17.0 Å². The number of nitrogens with zero attached hydrogens (tertiary/aromatic N) is 3. The van der Waals surface area contributed by atoms with Crippen molar-refractivity contribution in [3.8, 4) is 0 Å². The van der Waals surface area contributed by atoms with E-state index < -0.39 is 0 Å². The molecule has 1 aliphatic rings. The van der Waals surface area contributed by atoms with Crippen LogP contribution in [0.5, 0.6) is 0 Å². The van der Waals surface area contributed by atoms with E-state index in [-0.39, 0.29) is 6.61 Å². The number of nitrogen functional groups attached to an aromatic ring is 1. The summed E-state index contributed by atoms with van der Waals surface area (Å²) in [6.07, 6.45) is 7.12. The second-order valence-electron chi connectivity index (χ2n) is 6.82. The number of likely N-dealkylation sites (N-methyl/N-ethyl adjacent to an activating group) is 1. The van der Waals surface area contributed by atoms with E-state index in [1.165, 1.54) is 40.0 Å². The Morgan fingerprint density at radius 1 is 1.34 bits per heavy atom. The summed E-state index contributed by atoms with van der Waals surface area (Å²) in [5.74, 6) is 0.877. The minimum Gasteiger partial charge on any atom is -0.398 e. The number of hydrogen-bond donors (Lipinski definition) is 4. The Morgan fingerprint density at radius 2 is 2.14 bits per heavy atom. The van der Waals surface area contributed by atoms with Crippen LogP contribution in [-0.2, 0) is 17.6 Å². The van der Waals surface area contributed by atoms with Gasteiger partial charge < -0.3 is 21.1 Å². The molecular formula is C20H25N5O2S2. The smallest absolute Gasteiger partial charge is 0.209 e. The van der Waals surface area contributed by atoms with Gasteiger partial charge in [-0.05, 0) is 49.4 Å². The first-order valence-corrected chi connectivity index (χ1v) is 10.7. The van der Waals surface area contributed by atoms with Gasteiger partial charge in [0.25, 0.3) is 0 Å². The van der Waals surface area contributed by atoms with Crippen molar-refractivity contribution in [1.29, 1.82) is 0 Å². The third kappa shape index (κ3) is 5.17. The van der Waals surface area contributed by atoms with Crippen LogP contribution in [0.3, 0.4) is 0 Å². The molecule has 0 radical (unpaired) electrons. The Balaban J connectivity index is 0.000000298. The van der Waals surface area contributed by atoms with E-state index in [0.717, 1.165) is 27.7 Å². The number of aryl methyl sites for hydroxylation is 2. The second kappa shape index (κ2) is 9.91. The molecule has 1 aromatic carbocycles. The van der Waals surface area contributed by atoms with E-state index in [9.17, 15) is 4.79 Å². The first kappa shape index (κ1) is 21.4. The summed E-state index contributed by atoms with van der Waals surface area (Å²) in [6.45, 7) is 0.457. The molecule has 3 aromatic rings. The fourth-order valence-corrected chi connectivity index (χ4v) is 4.60. The molecule has 4 N–H and O–H groups in total. The van der Waals surface area contributed by atoms with Gasteiger partial charge in [-0.25, -0.2) is 9.97 Å². The zero-order valence-corrected chi connectivity index (χ0v) is 18.0. The van der Waals surface area contributed by atoms with Crippen molar-refractivity contribution in [1.82, 2.24) is 14.9 Å². The normalized spacial score (nSPS) is 12.7.